The second-order valence-electron chi connectivity index (χ2n) is 4.18. The molecular weight excluding hydrogens is 306 g/mol. The minimum atomic E-state index is -3.28. The van der Waals surface area contributed by atoms with Gasteiger partial charge < -0.3 is 4.74 Å². The van der Waals surface area contributed by atoms with Crippen LogP contribution in [0.3, 0.4) is 0 Å². The number of morpholine rings is 1. The van der Waals surface area contributed by atoms with Gasteiger partial charge in [0.15, 0.2) is 0 Å². The van der Waals surface area contributed by atoms with Gasteiger partial charge in [0, 0.05) is 30.4 Å². The molecule has 0 amide bonds. The average molecular weight is 322 g/mol. The van der Waals surface area contributed by atoms with Crippen molar-refractivity contribution in [3.05, 3.63) is 29.3 Å². The topological polar surface area (TPSA) is 46.6 Å². The lowest BCUT2D eigenvalue weighted by molar-refractivity contribution is 0.0410. The Morgan fingerprint density at radius 2 is 1.84 bits per heavy atom. The molecule has 2 rings (SSSR count). The van der Waals surface area contributed by atoms with Crippen molar-refractivity contribution in [3.8, 4) is 0 Å². The van der Waals surface area contributed by atoms with Crippen molar-refractivity contribution in [2.24, 2.45) is 0 Å². The van der Waals surface area contributed by atoms with Gasteiger partial charge in [0.05, 0.1) is 18.1 Å². The maximum Gasteiger partial charge on any atom is 0.230 e. The Balaban J connectivity index is 1.85. The van der Waals surface area contributed by atoms with Gasteiger partial charge >= 0.3 is 0 Å². The molecule has 0 unspecified atom stereocenters. The molecule has 1 heterocycles. The van der Waals surface area contributed by atoms with Crippen LogP contribution in [0.4, 0.5) is 0 Å². The molecule has 0 bridgehead atoms. The van der Waals surface area contributed by atoms with E-state index in [1.165, 1.54) is 0 Å². The Labute approximate surface area is 122 Å². The van der Waals surface area contributed by atoms with E-state index in [4.69, 9.17) is 16.3 Å². The maximum atomic E-state index is 12.1. The average Bonchev–Trinajstić information content (AvgIpc) is 2.40. The van der Waals surface area contributed by atoms with Crippen LogP contribution in [-0.4, -0.2) is 51.9 Å². The number of rotatable bonds is 5. The molecule has 7 heteroatoms. The monoisotopic (exact) mass is 321 g/mol. The molecule has 0 N–H and O–H groups in total. The Morgan fingerprint density at radius 1 is 1.21 bits per heavy atom. The van der Waals surface area contributed by atoms with E-state index in [0.29, 0.717) is 15.7 Å². The first-order valence-electron chi connectivity index (χ1n) is 6.03. The summed E-state index contributed by atoms with van der Waals surface area (Å²) in [5.74, 6) is 0.560. The summed E-state index contributed by atoms with van der Waals surface area (Å²) in [5.41, 5.74) is 0. The fourth-order valence-electron chi connectivity index (χ4n) is 1.77. The highest BCUT2D eigenvalue weighted by Gasteiger charge is 2.16. The van der Waals surface area contributed by atoms with E-state index in [-0.39, 0.29) is 0 Å². The van der Waals surface area contributed by atoms with E-state index in [9.17, 15) is 8.42 Å². The summed E-state index contributed by atoms with van der Waals surface area (Å²) in [4.78, 5) is 2.53. The van der Waals surface area contributed by atoms with Crippen molar-refractivity contribution < 1.29 is 13.2 Å². The number of halogens is 1. The van der Waals surface area contributed by atoms with Crippen molar-refractivity contribution >= 4 is 31.3 Å². The molecular formula is C12H16ClNO3S2. The molecule has 0 radical (unpaired) electrons. The quantitative estimate of drug-likeness (QED) is 0.777. The van der Waals surface area contributed by atoms with E-state index in [1.54, 1.807) is 24.3 Å². The van der Waals surface area contributed by atoms with Gasteiger partial charge in [0.2, 0.25) is 8.87 Å². The summed E-state index contributed by atoms with van der Waals surface area (Å²) >= 11 is 5.75. The van der Waals surface area contributed by atoms with Gasteiger partial charge in [-0.1, -0.05) is 11.6 Å². The minimum Gasteiger partial charge on any atom is -0.379 e. The molecule has 1 fully saturated rings. The fourth-order valence-corrected chi connectivity index (χ4v) is 4.68. The SMILES string of the molecule is O=S(=O)(SCCN1CCOCC1)c1ccc(Cl)cc1. The van der Waals surface area contributed by atoms with Gasteiger partial charge in [-0.3, -0.25) is 4.90 Å². The van der Waals surface area contributed by atoms with Gasteiger partial charge in [-0.05, 0) is 35.1 Å². The highest BCUT2D eigenvalue weighted by molar-refractivity contribution is 8.72. The first kappa shape index (κ1) is 15.1. The third-order valence-corrected chi connectivity index (χ3v) is 6.62. The summed E-state index contributed by atoms with van der Waals surface area (Å²) in [7, 11) is -2.30. The second kappa shape index (κ2) is 6.95. The third kappa shape index (κ3) is 4.65. The van der Waals surface area contributed by atoms with Crippen molar-refractivity contribution in [1.82, 2.24) is 4.90 Å². The third-order valence-electron chi connectivity index (χ3n) is 2.85. The lowest BCUT2D eigenvalue weighted by atomic mass is 10.4. The highest BCUT2D eigenvalue weighted by Crippen LogP contribution is 2.24. The van der Waals surface area contributed by atoms with E-state index in [2.05, 4.69) is 4.90 Å². The van der Waals surface area contributed by atoms with Crippen LogP contribution in [-0.2, 0) is 13.6 Å². The van der Waals surface area contributed by atoms with Gasteiger partial charge in [0.1, 0.15) is 0 Å². The Bertz CT molecular complexity index is 498. The second-order valence-corrected chi connectivity index (χ2v) is 8.67. The molecule has 1 aliphatic heterocycles. The first-order chi connectivity index (χ1) is 9.08. The zero-order valence-corrected chi connectivity index (χ0v) is 12.8. The van der Waals surface area contributed by atoms with Crippen molar-refractivity contribution in [2.75, 3.05) is 38.6 Å². The number of hydrogen-bond donors (Lipinski definition) is 0. The van der Waals surface area contributed by atoms with Crippen LogP contribution in [0.5, 0.6) is 0 Å². The van der Waals surface area contributed by atoms with Gasteiger partial charge in [-0.15, -0.1) is 0 Å². The standard InChI is InChI=1S/C12H16ClNO3S2/c13-11-1-3-12(4-2-11)19(15,16)18-10-7-14-5-8-17-9-6-14/h1-4H,5-10H2. The van der Waals surface area contributed by atoms with Crippen LogP contribution in [0, 0.1) is 0 Å². The van der Waals surface area contributed by atoms with E-state index < -0.39 is 8.87 Å². The van der Waals surface area contributed by atoms with Crippen molar-refractivity contribution in [3.63, 3.8) is 0 Å². The fraction of sp³-hybridized carbons (Fsp3) is 0.500. The summed E-state index contributed by atoms with van der Waals surface area (Å²) < 4.78 is 29.4. The highest BCUT2D eigenvalue weighted by atomic mass is 35.5. The summed E-state index contributed by atoms with van der Waals surface area (Å²) in [6.07, 6.45) is 0. The lowest BCUT2D eigenvalue weighted by Crippen LogP contribution is -2.37. The van der Waals surface area contributed by atoms with Crippen molar-refractivity contribution in [1.29, 1.82) is 0 Å². The van der Waals surface area contributed by atoms with Crippen LogP contribution in [0.1, 0.15) is 0 Å². The zero-order chi connectivity index (χ0) is 13.7. The molecule has 106 valence electrons. The molecule has 1 saturated heterocycles. The maximum absolute atomic E-state index is 12.1. The smallest absolute Gasteiger partial charge is 0.230 e. The van der Waals surface area contributed by atoms with Crippen LogP contribution < -0.4 is 0 Å². The number of nitrogens with zero attached hydrogens (tertiary/aromatic N) is 1. The molecule has 1 aromatic rings. The lowest BCUT2D eigenvalue weighted by Gasteiger charge is -2.26. The number of hydrogen-bond acceptors (Lipinski definition) is 5. The van der Waals surface area contributed by atoms with Crippen LogP contribution >= 0.6 is 22.4 Å². The van der Waals surface area contributed by atoms with Crippen LogP contribution in [0.25, 0.3) is 0 Å². The Kier molecular flexibility index (Phi) is 5.53. The molecule has 1 aliphatic rings. The van der Waals surface area contributed by atoms with Crippen LogP contribution in [0.2, 0.25) is 5.02 Å². The largest absolute Gasteiger partial charge is 0.379 e. The Hall–Kier alpha value is -0.270. The predicted molar refractivity (Wildman–Crippen MR) is 78.4 cm³/mol. The first-order valence-corrected chi connectivity index (χ1v) is 9.39. The number of benzene rings is 1. The summed E-state index contributed by atoms with van der Waals surface area (Å²) in [6, 6.07) is 6.27. The number of ether oxygens (including phenoxy) is 1. The van der Waals surface area contributed by atoms with Gasteiger partial charge in [-0.2, -0.15) is 0 Å². The zero-order valence-electron chi connectivity index (χ0n) is 10.4. The Morgan fingerprint density at radius 3 is 2.47 bits per heavy atom. The summed E-state index contributed by atoms with van der Waals surface area (Å²) in [5, 5.41) is 0.539. The molecule has 1 aromatic carbocycles. The van der Waals surface area contributed by atoms with Crippen LogP contribution in [0.15, 0.2) is 29.2 Å². The summed E-state index contributed by atoms with van der Waals surface area (Å²) in [6.45, 7) is 3.98. The van der Waals surface area contributed by atoms with E-state index in [1.807, 2.05) is 0 Å². The molecule has 4 nitrogen and oxygen atoms in total. The van der Waals surface area contributed by atoms with Crippen molar-refractivity contribution in [2.45, 2.75) is 4.90 Å². The van der Waals surface area contributed by atoms with E-state index >= 15 is 0 Å². The van der Waals surface area contributed by atoms with Gasteiger partial charge in [0.25, 0.3) is 0 Å². The molecule has 0 spiro atoms. The molecule has 0 atom stereocenters. The molecule has 19 heavy (non-hydrogen) atoms. The van der Waals surface area contributed by atoms with E-state index in [0.717, 1.165) is 43.6 Å². The molecule has 0 aliphatic carbocycles. The predicted octanol–water partition coefficient (Wildman–Crippen LogP) is 2.09. The molecule has 0 saturated carbocycles. The minimum absolute atomic E-state index is 0.309. The normalized spacial score (nSPS) is 17.5. The molecule has 0 aromatic heterocycles. The van der Waals surface area contributed by atoms with Gasteiger partial charge in [-0.25, -0.2) is 8.42 Å².